The van der Waals surface area contributed by atoms with Crippen LogP contribution >= 0.6 is 12.1 Å². The van der Waals surface area contributed by atoms with Crippen molar-refractivity contribution in [3.05, 3.63) is 53.3 Å². The highest BCUT2D eigenvalue weighted by Crippen LogP contribution is 2.47. The topological polar surface area (TPSA) is 86.4 Å². The zero-order valence-electron chi connectivity index (χ0n) is 18.8. The van der Waals surface area contributed by atoms with Gasteiger partial charge in [0.15, 0.2) is 5.82 Å². The molecule has 176 valence electrons. The number of anilines is 1. The number of likely N-dealkylation sites (tertiary alicyclic amines) is 1. The molecule has 2 aliphatic heterocycles. The maximum Gasteiger partial charge on any atom is 0.416 e. The summed E-state index contributed by atoms with van der Waals surface area (Å²) in [5, 5.41) is 0. The Labute approximate surface area is 196 Å². The summed E-state index contributed by atoms with van der Waals surface area (Å²) in [6.07, 6.45) is -1.11. The molecule has 2 aromatic carbocycles. The molecule has 0 saturated carbocycles. The first kappa shape index (κ1) is 23.1. The number of fused-ring (bicyclic) bond motifs is 2. The van der Waals surface area contributed by atoms with E-state index < -0.39 is 23.5 Å². The van der Waals surface area contributed by atoms with Gasteiger partial charge in [0, 0.05) is 56.5 Å². The predicted octanol–water partition coefficient (Wildman–Crippen LogP) is 3.24. The van der Waals surface area contributed by atoms with Crippen molar-refractivity contribution in [2.24, 2.45) is 0 Å². The number of hydrogen-bond donors (Lipinski definition) is 2. The molecule has 1 fully saturated rings. The van der Waals surface area contributed by atoms with Crippen molar-refractivity contribution in [3.63, 3.8) is 0 Å². The van der Waals surface area contributed by atoms with E-state index in [4.69, 9.17) is 9.47 Å². The maximum atomic E-state index is 15.1. The second-order valence-electron chi connectivity index (χ2n) is 8.27. The number of amides is 2. The molecule has 0 aromatic heterocycles. The lowest BCUT2D eigenvalue weighted by Crippen LogP contribution is -2.69. The average Bonchev–Trinajstić information content (AvgIpc) is 2.75. The van der Waals surface area contributed by atoms with E-state index >= 15 is 4.39 Å². The standard InChI is InChI=1S/C22H26FN5O4S/c1-24-33-25-17-7-5-6-14(19(17)23)11-28-21(30)32-18-10-15(31-20(29)26(2)3)8-9-16(18)22(28)12-27(4)13-22/h5-10,24-25H,11-13H2,1-4H3. The molecule has 2 amide bonds. The SMILES string of the molecule is CNSNc1cccc(CN2C(=O)Oc3cc(OC(=O)N(C)C)ccc3C23CN(C)C3)c1F. The average molecular weight is 476 g/mol. The summed E-state index contributed by atoms with van der Waals surface area (Å²) < 4.78 is 31.8. The Morgan fingerprint density at radius 1 is 1.30 bits per heavy atom. The Balaban J connectivity index is 1.65. The lowest BCUT2D eigenvalue weighted by atomic mass is 9.79. The van der Waals surface area contributed by atoms with Crippen molar-refractivity contribution in [1.29, 1.82) is 0 Å². The molecule has 1 spiro atoms. The first-order chi connectivity index (χ1) is 15.7. The van der Waals surface area contributed by atoms with Gasteiger partial charge < -0.3 is 24.0 Å². The molecule has 0 unspecified atom stereocenters. The predicted molar refractivity (Wildman–Crippen MR) is 124 cm³/mol. The monoisotopic (exact) mass is 475 g/mol. The summed E-state index contributed by atoms with van der Waals surface area (Å²) in [6.45, 7) is 1.19. The molecule has 4 rings (SSSR count). The van der Waals surface area contributed by atoms with E-state index in [-0.39, 0.29) is 12.3 Å². The summed E-state index contributed by atoms with van der Waals surface area (Å²) in [5.74, 6) is 0.200. The first-order valence-electron chi connectivity index (χ1n) is 10.3. The quantitative estimate of drug-likeness (QED) is 0.616. The molecular weight excluding hydrogens is 449 g/mol. The summed E-state index contributed by atoms with van der Waals surface area (Å²) in [6, 6.07) is 10.1. The van der Waals surface area contributed by atoms with Gasteiger partial charge in [-0.2, -0.15) is 0 Å². The van der Waals surface area contributed by atoms with E-state index in [0.29, 0.717) is 30.1 Å². The number of ether oxygens (including phenoxy) is 2. The van der Waals surface area contributed by atoms with Crippen LogP contribution in [0.25, 0.3) is 0 Å². The molecule has 2 aliphatic rings. The van der Waals surface area contributed by atoms with Gasteiger partial charge in [-0.05, 0) is 32.3 Å². The van der Waals surface area contributed by atoms with E-state index in [9.17, 15) is 9.59 Å². The maximum absolute atomic E-state index is 15.1. The molecule has 33 heavy (non-hydrogen) atoms. The lowest BCUT2D eigenvalue weighted by Gasteiger charge is -2.56. The minimum Gasteiger partial charge on any atom is -0.410 e. The van der Waals surface area contributed by atoms with Gasteiger partial charge in [-0.15, -0.1) is 0 Å². The molecule has 2 aromatic rings. The third-order valence-corrected chi connectivity index (χ3v) is 6.22. The van der Waals surface area contributed by atoms with E-state index in [1.807, 2.05) is 7.05 Å². The third kappa shape index (κ3) is 4.31. The highest BCUT2D eigenvalue weighted by molar-refractivity contribution is 7.98. The zero-order valence-corrected chi connectivity index (χ0v) is 19.7. The number of rotatable bonds is 6. The molecule has 1 saturated heterocycles. The van der Waals surface area contributed by atoms with Crippen molar-refractivity contribution in [1.82, 2.24) is 19.4 Å². The molecule has 0 bridgehead atoms. The molecule has 0 atom stereocenters. The molecular formula is C22H26FN5O4S. The minimum atomic E-state index is -0.668. The van der Waals surface area contributed by atoms with Gasteiger partial charge in [-0.3, -0.25) is 4.90 Å². The van der Waals surface area contributed by atoms with Gasteiger partial charge in [0.1, 0.15) is 17.0 Å². The minimum absolute atomic E-state index is 0.0506. The van der Waals surface area contributed by atoms with Gasteiger partial charge >= 0.3 is 12.2 Å². The summed E-state index contributed by atoms with van der Waals surface area (Å²) >= 11 is 1.15. The zero-order chi connectivity index (χ0) is 23.8. The molecule has 11 heteroatoms. The number of nitrogens with one attached hydrogen (secondary N) is 2. The lowest BCUT2D eigenvalue weighted by molar-refractivity contribution is -0.0485. The van der Waals surface area contributed by atoms with E-state index in [1.54, 1.807) is 62.4 Å². The van der Waals surface area contributed by atoms with Crippen molar-refractivity contribution >= 4 is 30.0 Å². The van der Waals surface area contributed by atoms with Crippen LogP contribution in [-0.2, 0) is 12.1 Å². The molecule has 0 aliphatic carbocycles. The normalized spacial score (nSPS) is 16.6. The van der Waals surface area contributed by atoms with Gasteiger partial charge in [0.2, 0.25) is 0 Å². The number of nitrogens with zero attached hydrogens (tertiary/aromatic N) is 3. The highest BCUT2D eigenvalue weighted by atomic mass is 32.2. The van der Waals surface area contributed by atoms with Crippen LogP contribution in [0.2, 0.25) is 0 Å². The summed E-state index contributed by atoms with van der Waals surface area (Å²) in [7, 11) is 6.85. The second-order valence-corrected chi connectivity index (χ2v) is 9.08. The molecule has 2 heterocycles. The number of likely N-dealkylation sites (N-methyl/N-ethyl adjacent to an activating group) is 1. The van der Waals surface area contributed by atoms with Gasteiger partial charge in [0.25, 0.3) is 0 Å². The molecule has 0 radical (unpaired) electrons. The fourth-order valence-electron chi connectivity index (χ4n) is 4.16. The number of hydrogen-bond acceptors (Lipinski definition) is 8. The Kier molecular flexibility index (Phi) is 6.37. The fraction of sp³-hybridized carbons (Fsp3) is 0.364. The van der Waals surface area contributed by atoms with Crippen LogP contribution in [0.3, 0.4) is 0 Å². The Bertz CT molecular complexity index is 1080. The first-order valence-corrected chi connectivity index (χ1v) is 11.1. The van der Waals surface area contributed by atoms with Crippen molar-refractivity contribution in [2.45, 2.75) is 12.1 Å². The van der Waals surface area contributed by atoms with Crippen molar-refractivity contribution < 1.29 is 23.5 Å². The van der Waals surface area contributed by atoms with Crippen LogP contribution in [-0.4, -0.2) is 68.2 Å². The molecule has 9 nitrogen and oxygen atoms in total. The highest BCUT2D eigenvalue weighted by Gasteiger charge is 2.54. The van der Waals surface area contributed by atoms with E-state index in [1.165, 1.54) is 4.90 Å². The number of carbonyl (C=O) groups excluding carboxylic acids is 2. The number of carbonyl (C=O) groups is 2. The van der Waals surface area contributed by atoms with Crippen LogP contribution in [0.4, 0.5) is 19.7 Å². The van der Waals surface area contributed by atoms with Crippen LogP contribution in [0.5, 0.6) is 11.5 Å². The van der Waals surface area contributed by atoms with Crippen LogP contribution in [0.1, 0.15) is 11.1 Å². The largest absolute Gasteiger partial charge is 0.416 e. The van der Waals surface area contributed by atoms with E-state index in [2.05, 4.69) is 14.3 Å². The van der Waals surface area contributed by atoms with Crippen LogP contribution in [0, 0.1) is 5.82 Å². The second kappa shape index (κ2) is 9.08. The van der Waals surface area contributed by atoms with Crippen LogP contribution in [0.15, 0.2) is 36.4 Å². The van der Waals surface area contributed by atoms with Crippen molar-refractivity contribution in [2.75, 3.05) is 46.0 Å². The smallest absolute Gasteiger partial charge is 0.410 e. The van der Waals surface area contributed by atoms with Gasteiger partial charge in [0.05, 0.1) is 12.2 Å². The van der Waals surface area contributed by atoms with Crippen LogP contribution < -0.4 is 18.9 Å². The van der Waals surface area contributed by atoms with Crippen molar-refractivity contribution in [3.8, 4) is 11.5 Å². The van der Waals surface area contributed by atoms with Gasteiger partial charge in [-0.25, -0.2) is 18.7 Å². The summed E-state index contributed by atoms with van der Waals surface area (Å²) in [5.41, 5.74) is 0.830. The van der Waals surface area contributed by atoms with Gasteiger partial charge in [-0.1, -0.05) is 12.1 Å². The summed E-state index contributed by atoms with van der Waals surface area (Å²) in [4.78, 5) is 30.0. The Hall–Kier alpha value is -3.02. The van der Waals surface area contributed by atoms with E-state index in [0.717, 1.165) is 17.7 Å². The Morgan fingerprint density at radius 2 is 2.06 bits per heavy atom. The number of benzene rings is 2. The fourth-order valence-corrected chi connectivity index (χ4v) is 4.53. The Morgan fingerprint density at radius 3 is 2.73 bits per heavy atom. The third-order valence-electron chi connectivity index (χ3n) is 5.69. The number of halogens is 1. The molecule has 2 N–H and O–H groups in total.